The molecule has 1 aromatic heterocycles. The number of nitrogens with zero attached hydrogens (tertiary/aromatic N) is 4. The Bertz CT molecular complexity index is 1570. The molecule has 0 saturated carbocycles. The minimum Gasteiger partial charge on any atom is -0.328 e. The number of aryl methyl sites for hydroxylation is 2. The van der Waals surface area contributed by atoms with Crippen molar-refractivity contribution in [3.05, 3.63) is 110 Å². The third-order valence-corrected chi connectivity index (χ3v) is 6.94. The standard InChI is InChI=1S/C31H34N4O4/c1-6-22-13-16-24(17-14-22)34-29(32-26-11-9-8-10-25(26)31(34)37)27(7-2)33(19-20(3)4)30(36)23-15-12-21(5)28(18-23)35(38)39/h8-18,20,27H,6-7,19H2,1-5H3. The van der Waals surface area contributed by atoms with Crippen LogP contribution in [0, 0.1) is 23.0 Å². The third-order valence-electron chi connectivity index (χ3n) is 6.94. The first-order chi connectivity index (χ1) is 18.7. The molecule has 1 unspecified atom stereocenters. The Morgan fingerprint density at radius 1 is 1.05 bits per heavy atom. The van der Waals surface area contributed by atoms with E-state index in [1.54, 1.807) is 40.7 Å². The van der Waals surface area contributed by atoms with E-state index >= 15 is 0 Å². The lowest BCUT2D eigenvalue weighted by Gasteiger charge is -2.33. The van der Waals surface area contributed by atoms with E-state index in [1.807, 2.05) is 57.2 Å². The number of benzene rings is 3. The van der Waals surface area contributed by atoms with Crippen molar-refractivity contribution in [2.75, 3.05) is 6.54 Å². The highest BCUT2D eigenvalue weighted by Crippen LogP contribution is 2.30. The predicted molar refractivity (Wildman–Crippen MR) is 153 cm³/mol. The summed E-state index contributed by atoms with van der Waals surface area (Å²) in [6.45, 7) is 10.1. The molecule has 0 saturated heterocycles. The van der Waals surface area contributed by atoms with E-state index in [0.717, 1.165) is 12.0 Å². The van der Waals surface area contributed by atoms with Gasteiger partial charge in [-0.2, -0.15) is 0 Å². The molecule has 0 aliphatic rings. The van der Waals surface area contributed by atoms with Crippen LogP contribution in [0.3, 0.4) is 0 Å². The molecular weight excluding hydrogens is 492 g/mol. The lowest BCUT2D eigenvalue weighted by Crippen LogP contribution is -2.40. The minimum absolute atomic E-state index is 0.102. The zero-order valence-electron chi connectivity index (χ0n) is 23.0. The van der Waals surface area contributed by atoms with Crippen molar-refractivity contribution in [3.8, 4) is 5.69 Å². The molecule has 4 aromatic rings. The van der Waals surface area contributed by atoms with Crippen molar-refractivity contribution in [1.82, 2.24) is 14.5 Å². The van der Waals surface area contributed by atoms with Crippen LogP contribution in [0.1, 0.15) is 67.5 Å². The second-order valence-electron chi connectivity index (χ2n) is 10.2. The van der Waals surface area contributed by atoms with Crippen molar-refractivity contribution in [1.29, 1.82) is 0 Å². The van der Waals surface area contributed by atoms with Gasteiger partial charge in [-0.05, 0) is 61.6 Å². The van der Waals surface area contributed by atoms with Crippen LogP contribution in [-0.2, 0) is 6.42 Å². The average molecular weight is 527 g/mol. The highest BCUT2D eigenvalue weighted by Gasteiger charge is 2.31. The highest BCUT2D eigenvalue weighted by molar-refractivity contribution is 5.95. The number of carbonyl (C=O) groups excluding carboxylic acids is 1. The molecule has 0 bridgehead atoms. The topological polar surface area (TPSA) is 98.3 Å². The molecule has 8 nitrogen and oxygen atoms in total. The van der Waals surface area contributed by atoms with E-state index in [-0.39, 0.29) is 28.6 Å². The maximum atomic E-state index is 14.0. The Labute approximate surface area is 228 Å². The second kappa shape index (κ2) is 11.6. The van der Waals surface area contributed by atoms with E-state index in [2.05, 4.69) is 6.92 Å². The van der Waals surface area contributed by atoms with Crippen LogP contribution in [0.25, 0.3) is 16.6 Å². The summed E-state index contributed by atoms with van der Waals surface area (Å²) in [4.78, 5) is 45.7. The van der Waals surface area contributed by atoms with Gasteiger partial charge in [-0.3, -0.25) is 24.3 Å². The number of nitro groups is 1. The molecule has 4 rings (SSSR count). The number of fused-ring (bicyclic) bond motifs is 1. The number of hydrogen-bond acceptors (Lipinski definition) is 5. The first kappa shape index (κ1) is 27.7. The Balaban J connectivity index is 1.94. The molecule has 1 heterocycles. The molecule has 39 heavy (non-hydrogen) atoms. The van der Waals surface area contributed by atoms with Gasteiger partial charge in [0.05, 0.1) is 27.6 Å². The second-order valence-corrected chi connectivity index (χ2v) is 10.2. The zero-order valence-corrected chi connectivity index (χ0v) is 23.0. The van der Waals surface area contributed by atoms with Crippen molar-refractivity contribution in [2.45, 2.75) is 53.5 Å². The van der Waals surface area contributed by atoms with E-state index in [9.17, 15) is 19.7 Å². The number of amides is 1. The summed E-state index contributed by atoms with van der Waals surface area (Å²) in [6.07, 6.45) is 1.36. The summed E-state index contributed by atoms with van der Waals surface area (Å²) in [6, 6.07) is 19.0. The molecule has 8 heteroatoms. The van der Waals surface area contributed by atoms with Crippen molar-refractivity contribution in [2.24, 2.45) is 5.92 Å². The Morgan fingerprint density at radius 2 is 1.74 bits per heavy atom. The van der Waals surface area contributed by atoms with Gasteiger partial charge in [0.25, 0.3) is 17.2 Å². The Hall–Kier alpha value is -4.33. The summed E-state index contributed by atoms with van der Waals surface area (Å²) in [7, 11) is 0. The summed E-state index contributed by atoms with van der Waals surface area (Å²) in [5.41, 5.74) is 2.78. The van der Waals surface area contributed by atoms with Crippen LogP contribution in [0.5, 0.6) is 0 Å². The molecule has 0 N–H and O–H groups in total. The average Bonchev–Trinajstić information content (AvgIpc) is 2.93. The number of rotatable bonds is 9. The Kier molecular flexibility index (Phi) is 8.24. The molecule has 0 aliphatic carbocycles. The zero-order chi connectivity index (χ0) is 28.3. The summed E-state index contributed by atoms with van der Waals surface area (Å²) in [5, 5.41) is 12.1. The van der Waals surface area contributed by atoms with Crippen LogP contribution >= 0.6 is 0 Å². The minimum atomic E-state index is -0.552. The normalized spacial score (nSPS) is 12.1. The molecule has 0 fully saturated rings. The lowest BCUT2D eigenvalue weighted by atomic mass is 10.0. The van der Waals surface area contributed by atoms with E-state index < -0.39 is 11.0 Å². The smallest absolute Gasteiger partial charge is 0.273 e. The molecule has 0 radical (unpaired) electrons. The first-order valence-corrected chi connectivity index (χ1v) is 13.3. The first-order valence-electron chi connectivity index (χ1n) is 13.3. The van der Waals surface area contributed by atoms with Crippen LogP contribution in [-0.4, -0.2) is 31.8 Å². The monoisotopic (exact) mass is 526 g/mol. The number of carbonyl (C=O) groups is 1. The number of nitro benzene ring substituents is 1. The SMILES string of the molecule is CCc1ccc(-n2c(C(CC)N(CC(C)C)C(=O)c3ccc(C)c([N+](=O)[O-])c3)nc3ccccc3c2=O)cc1. The molecule has 1 amide bonds. The third kappa shape index (κ3) is 5.60. The molecule has 3 aromatic carbocycles. The fourth-order valence-corrected chi connectivity index (χ4v) is 4.90. The van der Waals surface area contributed by atoms with Crippen LogP contribution in [0.4, 0.5) is 5.69 Å². The lowest BCUT2D eigenvalue weighted by molar-refractivity contribution is -0.385. The largest absolute Gasteiger partial charge is 0.328 e. The molecule has 0 spiro atoms. The van der Waals surface area contributed by atoms with Crippen LogP contribution < -0.4 is 5.56 Å². The summed E-state index contributed by atoms with van der Waals surface area (Å²) >= 11 is 0. The maximum absolute atomic E-state index is 14.0. The molecule has 0 aliphatic heterocycles. The van der Waals surface area contributed by atoms with Gasteiger partial charge in [-0.15, -0.1) is 0 Å². The molecule has 1 atom stereocenters. The van der Waals surface area contributed by atoms with Gasteiger partial charge in [0, 0.05) is 23.7 Å². The fourth-order valence-electron chi connectivity index (χ4n) is 4.90. The van der Waals surface area contributed by atoms with E-state index in [4.69, 9.17) is 4.98 Å². The van der Waals surface area contributed by atoms with Crippen molar-refractivity contribution >= 4 is 22.5 Å². The molecule has 202 valence electrons. The van der Waals surface area contributed by atoms with Gasteiger partial charge in [-0.1, -0.05) is 58.0 Å². The van der Waals surface area contributed by atoms with Gasteiger partial charge in [0.15, 0.2) is 0 Å². The van der Waals surface area contributed by atoms with Gasteiger partial charge >= 0.3 is 0 Å². The van der Waals surface area contributed by atoms with Crippen LogP contribution in [0.2, 0.25) is 0 Å². The predicted octanol–water partition coefficient (Wildman–Crippen LogP) is 6.41. The van der Waals surface area contributed by atoms with Crippen LogP contribution in [0.15, 0.2) is 71.5 Å². The van der Waals surface area contributed by atoms with Crippen molar-refractivity contribution in [3.63, 3.8) is 0 Å². The quantitative estimate of drug-likeness (QED) is 0.185. The van der Waals surface area contributed by atoms with E-state index in [0.29, 0.717) is 40.9 Å². The molecular formula is C31H34N4O4. The Morgan fingerprint density at radius 3 is 2.36 bits per heavy atom. The van der Waals surface area contributed by atoms with Gasteiger partial charge < -0.3 is 4.90 Å². The van der Waals surface area contributed by atoms with Gasteiger partial charge in [0.1, 0.15) is 5.82 Å². The van der Waals surface area contributed by atoms with Gasteiger partial charge in [-0.25, -0.2) is 4.98 Å². The van der Waals surface area contributed by atoms with Gasteiger partial charge in [0.2, 0.25) is 0 Å². The maximum Gasteiger partial charge on any atom is 0.273 e. The summed E-state index contributed by atoms with van der Waals surface area (Å²) < 4.78 is 1.61. The fraction of sp³-hybridized carbons (Fsp3) is 0.323. The number of aromatic nitrogens is 2. The highest BCUT2D eigenvalue weighted by atomic mass is 16.6. The number of hydrogen-bond donors (Lipinski definition) is 0. The van der Waals surface area contributed by atoms with E-state index in [1.165, 1.54) is 6.07 Å². The van der Waals surface area contributed by atoms with Crippen molar-refractivity contribution < 1.29 is 9.72 Å². The summed E-state index contributed by atoms with van der Waals surface area (Å²) in [5.74, 6) is 0.225. The number of para-hydroxylation sites is 1.